The average molecular weight is 678 g/mol. The van der Waals surface area contributed by atoms with E-state index in [2.05, 4.69) is 117 Å². The smallest absolute Gasteiger partial charge is 0.147 e. The van der Waals surface area contributed by atoms with Crippen LogP contribution in [0.4, 0.5) is 0 Å². The molecule has 0 nitrogen and oxygen atoms in total. The van der Waals surface area contributed by atoms with Crippen LogP contribution in [0.25, 0.3) is 11.1 Å². The van der Waals surface area contributed by atoms with Crippen molar-refractivity contribution in [2.45, 2.75) is 49.9 Å². The zero-order valence-electron chi connectivity index (χ0n) is 21.5. The van der Waals surface area contributed by atoms with Gasteiger partial charge in [-0.05, 0) is 0 Å². The molecule has 0 aliphatic heterocycles. The number of allylic oxidation sites excluding steroid dienone is 8. The molecule has 0 heterocycles. The Hall–Kier alpha value is -0.933. The van der Waals surface area contributed by atoms with Gasteiger partial charge in [0.25, 0.3) is 0 Å². The van der Waals surface area contributed by atoms with E-state index in [4.69, 9.17) is 0 Å². The summed E-state index contributed by atoms with van der Waals surface area (Å²) in [4.78, 5) is 0. The average Bonchev–Trinajstić information content (AvgIpc) is 3.42. The first-order valence-corrected chi connectivity index (χ1v) is 31.2. The molecule has 2 aromatic rings. The molecule has 0 amide bonds. The summed E-state index contributed by atoms with van der Waals surface area (Å²) in [5, 5.41) is 0. The van der Waals surface area contributed by atoms with Gasteiger partial charge < -0.3 is 0 Å². The van der Waals surface area contributed by atoms with E-state index in [9.17, 15) is 0 Å². The van der Waals surface area contributed by atoms with Gasteiger partial charge in [0.15, 0.2) is 0 Å². The summed E-state index contributed by atoms with van der Waals surface area (Å²) in [5.74, 6) is 1.19. The summed E-state index contributed by atoms with van der Waals surface area (Å²) < 4.78 is 9.00. The monoisotopic (exact) mass is 678 g/mol. The molecule has 0 aromatic heterocycles. The van der Waals surface area contributed by atoms with Crippen LogP contribution in [0.3, 0.4) is 0 Å². The molecule has 2 aromatic carbocycles. The van der Waals surface area contributed by atoms with E-state index < -0.39 is 17.1 Å². The van der Waals surface area contributed by atoms with Crippen LogP contribution in [0.2, 0.25) is 9.36 Å². The van der Waals surface area contributed by atoms with Gasteiger partial charge in [-0.1, -0.05) is 0 Å². The number of hydrogen-bond acceptors (Lipinski definition) is 0. The number of hydrogen-bond donors (Lipinski definition) is 0. The maximum Gasteiger partial charge on any atom is -0.147 e. The molecule has 0 spiro atoms. The third-order valence-corrected chi connectivity index (χ3v) is 31.8. The molecule has 0 atom stereocenters. The molecule has 0 radical (unpaired) electrons. The maximum atomic E-state index is 2.71. The van der Waals surface area contributed by atoms with Crippen molar-refractivity contribution in [1.82, 2.24) is 0 Å². The quantitative estimate of drug-likeness (QED) is 0.268. The number of rotatable bonds is 6. The maximum absolute atomic E-state index is 3.60. The van der Waals surface area contributed by atoms with Gasteiger partial charge in [-0.25, -0.2) is 0 Å². The SMILES string of the molecule is CC(C)C1=CC(c2ccccc2)=[C]([Hf]([CH3])([CH3])(=[SiH2])[C]2=C(c3ccccc3)C=C(C(C)C)C2)C1.Cl.Cl. The summed E-state index contributed by atoms with van der Waals surface area (Å²) in [5.41, 5.74) is 9.06. The fourth-order valence-corrected chi connectivity index (χ4v) is 25.1. The van der Waals surface area contributed by atoms with E-state index in [1.165, 1.54) is 22.3 Å². The van der Waals surface area contributed by atoms with Gasteiger partial charge in [0, 0.05) is 0 Å². The molecule has 0 fully saturated rings. The molecule has 0 saturated carbocycles. The van der Waals surface area contributed by atoms with E-state index in [-0.39, 0.29) is 24.8 Å². The van der Waals surface area contributed by atoms with E-state index in [1.807, 2.05) is 0 Å². The van der Waals surface area contributed by atoms with Gasteiger partial charge in [-0.3, -0.25) is 0 Å². The molecule has 182 valence electrons. The summed E-state index contributed by atoms with van der Waals surface area (Å²) in [7, 11) is 0. The molecule has 34 heavy (non-hydrogen) atoms. The summed E-state index contributed by atoms with van der Waals surface area (Å²) in [6.45, 7) is 11.8. The minimum absolute atomic E-state index is 0. The number of benzene rings is 2. The molecule has 0 N–H and O–H groups in total. The third kappa shape index (κ3) is 5.56. The minimum Gasteiger partial charge on any atom is -0.147 e. The fourth-order valence-electron chi connectivity index (χ4n) is 5.35. The van der Waals surface area contributed by atoms with E-state index in [1.54, 1.807) is 17.8 Å². The van der Waals surface area contributed by atoms with E-state index >= 15 is 0 Å². The normalized spacial score (nSPS) is 16.5. The van der Waals surface area contributed by atoms with Gasteiger partial charge in [0.05, 0.1) is 0 Å². The van der Waals surface area contributed by atoms with Crippen molar-refractivity contribution >= 4 is 42.9 Å². The van der Waals surface area contributed by atoms with Crippen molar-refractivity contribution in [3.63, 3.8) is 0 Å². The molecule has 2 aliphatic rings. The van der Waals surface area contributed by atoms with Gasteiger partial charge >= 0.3 is 199 Å². The largest absolute Gasteiger partial charge is 0.147 e. The summed E-state index contributed by atoms with van der Waals surface area (Å²) in [6.07, 6.45) is 7.41. The Kier molecular flexibility index (Phi) is 9.47. The summed E-state index contributed by atoms with van der Waals surface area (Å²) >= 11 is -3.60. The van der Waals surface area contributed by atoms with Crippen LogP contribution >= 0.6 is 24.8 Å². The molecule has 0 unspecified atom stereocenters. The zero-order valence-corrected chi connectivity index (χ0v) is 28.2. The topological polar surface area (TPSA) is 0 Å². The van der Waals surface area contributed by atoms with Gasteiger partial charge in [-0.15, -0.1) is 24.8 Å². The zero-order chi connectivity index (χ0) is 23.1. The van der Waals surface area contributed by atoms with Crippen LogP contribution < -0.4 is 0 Å². The third-order valence-electron chi connectivity index (χ3n) is 7.66. The van der Waals surface area contributed by atoms with Gasteiger partial charge in [-0.2, -0.15) is 0 Å². The first kappa shape index (κ1) is 29.3. The second-order valence-corrected chi connectivity index (χ2v) is 52.3. The van der Waals surface area contributed by atoms with Crippen LogP contribution in [-0.2, 0) is 17.1 Å². The standard InChI is InChI=1S/2C14H15.2CH3.2ClH.Hf.H2Si/c2*1-11(2)13-8-9-14(10-13)12-6-4-3-5-7-12;;;;;;/h2*3-7,10-11H,8H2,1-2H3;2*1H3;2*1H;;1H2. The Balaban J connectivity index is 0.00000204. The van der Waals surface area contributed by atoms with Crippen LogP contribution in [0.1, 0.15) is 51.7 Å². The predicted octanol–water partition coefficient (Wildman–Crippen LogP) is 8.96. The Morgan fingerprint density at radius 2 is 0.941 bits per heavy atom. The minimum atomic E-state index is -3.60. The second kappa shape index (κ2) is 11.0. The summed E-state index contributed by atoms with van der Waals surface area (Å²) in [6, 6.07) is 22.3. The van der Waals surface area contributed by atoms with Crippen molar-refractivity contribution < 1.29 is 17.1 Å². The first-order valence-electron chi connectivity index (χ1n) is 12.1. The van der Waals surface area contributed by atoms with E-state index in [0.29, 0.717) is 11.8 Å². The van der Waals surface area contributed by atoms with E-state index in [0.717, 1.165) is 12.8 Å². The Labute approximate surface area is 222 Å². The van der Waals surface area contributed by atoms with Gasteiger partial charge in [0.2, 0.25) is 0 Å². The predicted molar refractivity (Wildman–Crippen MR) is 157 cm³/mol. The van der Waals surface area contributed by atoms with Crippen molar-refractivity contribution in [3.8, 4) is 0 Å². The Morgan fingerprint density at radius 1 is 0.618 bits per heavy atom. The molecule has 0 saturated heterocycles. The van der Waals surface area contributed by atoms with Gasteiger partial charge in [0.1, 0.15) is 0 Å². The van der Waals surface area contributed by atoms with Crippen LogP contribution in [0, 0.1) is 11.8 Å². The van der Waals surface area contributed by atoms with Crippen molar-refractivity contribution in [1.29, 1.82) is 0 Å². The molecule has 2 aliphatic carbocycles. The second-order valence-electron chi connectivity index (χ2n) is 11.3. The molecular weight excluding hydrogens is 638 g/mol. The van der Waals surface area contributed by atoms with Crippen molar-refractivity contribution in [3.05, 3.63) is 102 Å². The Bertz CT molecular complexity index is 1130. The van der Waals surface area contributed by atoms with Crippen LogP contribution in [0.15, 0.2) is 90.6 Å². The first-order chi connectivity index (χ1) is 15.1. The molecular formula is C30H40Cl2HfSi. The van der Waals surface area contributed by atoms with Crippen molar-refractivity contribution in [2.24, 2.45) is 11.8 Å². The number of halogens is 2. The Morgan fingerprint density at radius 3 is 1.24 bits per heavy atom. The molecule has 0 bridgehead atoms. The van der Waals surface area contributed by atoms with Crippen LogP contribution in [-0.4, -0.2) is 6.94 Å². The fraction of sp³-hybridized carbons (Fsp3) is 0.333. The van der Waals surface area contributed by atoms with Crippen LogP contribution in [0.5, 0.6) is 0 Å². The molecule has 4 heteroatoms. The molecule has 4 rings (SSSR count). The van der Waals surface area contributed by atoms with Crippen molar-refractivity contribution in [2.75, 3.05) is 0 Å².